The van der Waals surface area contributed by atoms with Crippen LogP contribution in [0.5, 0.6) is 0 Å². The first kappa shape index (κ1) is 12.2. The molecule has 2 heteroatoms. The minimum Gasteiger partial charge on any atom is -0.175 e. The fraction of sp³-hybridized carbons (Fsp3) is 0.0769. The normalized spacial score (nSPS) is 8.93. The van der Waals surface area contributed by atoms with Crippen molar-refractivity contribution in [2.75, 3.05) is 0 Å². The van der Waals surface area contributed by atoms with Gasteiger partial charge in [0.25, 0.3) is 0 Å². The third kappa shape index (κ3) is 5.55. The van der Waals surface area contributed by atoms with Gasteiger partial charge in [0.2, 0.25) is 0 Å². The van der Waals surface area contributed by atoms with Crippen LogP contribution in [0.3, 0.4) is 0 Å². The average molecular weight is 234 g/mol. The third-order valence-corrected chi connectivity index (χ3v) is 2.44. The molecular formula is C13H14S2. The van der Waals surface area contributed by atoms with Gasteiger partial charge in [0.15, 0.2) is 0 Å². The lowest BCUT2D eigenvalue weighted by atomic mass is 10.2. The highest BCUT2D eigenvalue weighted by atomic mass is 32.1. The summed E-state index contributed by atoms with van der Waals surface area (Å²) in [6, 6.07) is 20.0. The van der Waals surface area contributed by atoms with Crippen molar-refractivity contribution in [2.24, 2.45) is 0 Å². The van der Waals surface area contributed by atoms with Gasteiger partial charge >= 0.3 is 0 Å². The van der Waals surface area contributed by atoms with Crippen LogP contribution in [0.2, 0.25) is 0 Å². The molecule has 0 saturated heterocycles. The van der Waals surface area contributed by atoms with Gasteiger partial charge in [-0.05, 0) is 17.7 Å². The second kappa shape index (κ2) is 7.43. The lowest BCUT2D eigenvalue weighted by Gasteiger charge is -1.89. The smallest absolute Gasteiger partial charge is 0.0154 e. The van der Waals surface area contributed by atoms with E-state index in [4.69, 9.17) is 0 Å². The van der Waals surface area contributed by atoms with Crippen molar-refractivity contribution in [3.63, 3.8) is 0 Å². The fourth-order valence-corrected chi connectivity index (χ4v) is 1.39. The van der Waals surface area contributed by atoms with Crippen LogP contribution in [0.4, 0.5) is 0 Å². The maximum atomic E-state index is 4.11. The van der Waals surface area contributed by atoms with E-state index in [2.05, 4.69) is 37.4 Å². The molecule has 0 aliphatic rings. The Morgan fingerprint density at radius 1 is 0.733 bits per heavy atom. The molecule has 0 heterocycles. The van der Waals surface area contributed by atoms with E-state index in [0.717, 1.165) is 10.6 Å². The molecule has 0 saturated carbocycles. The summed E-state index contributed by atoms with van der Waals surface area (Å²) in [7, 11) is 0. The zero-order chi connectivity index (χ0) is 10.9. The van der Waals surface area contributed by atoms with Gasteiger partial charge in [0, 0.05) is 10.6 Å². The third-order valence-electron chi connectivity index (χ3n) is 1.78. The Morgan fingerprint density at radius 2 is 1.20 bits per heavy atom. The van der Waals surface area contributed by atoms with E-state index in [1.54, 1.807) is 0 Å². The standard InChI is InChI=1S/C7H8S.C6H6S/c8-6-7-4-2-1-3-5-7;7-6-4-2-1-3-5-6/h1-5,8H,6H2;1-5,7H. The van der Waals surface area contributed by atoms with Gasteiger partial charge in [0.05, 0.1) is 0 Å². The maximum absolute atomic E-state index is 4.11. The molecule has 0 atom stereocenters. The number of hydrogen-bond donors (Lipinski definition) is 2. The monoisotopic (exact) mass is 234 g/mol. The van der Waals surface area contributed by atoms with Crippen molar-refractivity contribution in [3.8, 4) is 0 Å². The fourth-order valence-electron chi connectivity index (χ4n) is 1.01. The maximum Gasteiger partial charge on any atom is 0.0154 e. The van der Waals surface area contributed by atoms with E-state index >= 15 is 0 Å². The molecule has 0 radical (unpaired) electrons. The zero-order valence-electron chi connectivity index (χ0n) is 8.38. The van der Waals surface area contributed by atoms with Gasteiger partial charge in [-0.25, -0.2) is 0 Å². The van der Waals surface area contributed by atoms with Crippen molar-refractivity contribution in [2.45, 2.75) is 10.6 Å². The quantitative estimate of drug-likeness (QED) is 0.682. The van der Waals surface area contributed by atoms with Crippen LogP contribution >= 0.6 is 25.3 Å². The summed E-state index contributed by atoms with van der Waals surface area (Å²) in [4.78, 5) is 1.02. The van der Waals surface area contributed by atoms with Crippen LogP contribution in [-0.2, 0) is 5.75 Å². The summed E-state index contributed by atoms with van der Waals surface area (Å²) in [5.41, 5.74) is 1.27. The second-order valence-electron chi connectivity index (χ2n) is 2.98. The van der Waals surface area contributed by atoms with Crippen molar-refractivity contribution >= 4 is 25.3 Å². The molecule has 0 N–H and O–H groups in total. The Morgan fingerprint density at radius 3 is 1.47 bits per heavy atom. The highest BCUT2D eigenvalue weighted by Crippen LogP contribution is 2.01. The van der Waals surface area contributed by atoms with Crippen LogP contribution in [0, 0.1) is 0 Å². The summed E-state index contributed by atoms with van der Waals surface area (Å²) >= 11 is 8.19. The van der Waals surface area contributed by atoms with Crippen LogP contribution in [0.25, 0.3) is 0 Å². The van der Waals surface area contributed by atoms with Gasteiger partial charge < -0.3 is 0 Å². The Bertz CT molecular complexity index is 357. The largest absolute Gasteiger partial charge is 0.175 e. The number of hydrogen-bond acceptors (Lipinski definition) is 2. The Labute approximate surface area is 102 Å². The summed E-state index contributed by atoms with van der Waals surface area (Å²) < 4.78 is 0. The SMILES string of the molecule is SCc1ccccc1.Sc1ccccc1. The van der Waals surface area contributed by atoms with E-state index in [-0.39, 0.29) is 0 Å². The molecule has 2 rings (SSSR count). The molecule has 0 spiro atoms. The minimum absolute atomic E-state index is 0.834. The molecule has 0 amide bonds. The van der Waals surface area contributed by atoms with Crippen molar-refractivity contribution in [1.82, 2.24) is 0 Å². The lowest BCUT2D eigenvalue weighted by molar-refractivity contribution is 1.43. The Hall–Kier alpha value is -0.860. The second-order valence-corrected chi connectivity index (χ2v) is 3.81. The van der Waals surface area contributed by atoms with Gasteiger partial charge in [-0.1, -0.05) is 48.5 Å². The van der Waals surface area contributed by atoms with Crippen LogP contribution in [0.1, 0.15) is 5.56 Å². The van der Waals surface area contributed by atoms with Gasteiger partial charge in [0.1, 0.15) is 0 Å². The van der Waals surface area contributed by atoms with Crippen LogP contribution < -0.4 is 0 Å². The van der Waals surface area contributed by atoms with Crippen molar-refractivity contribution < 1.29 is 0 Å². The predicted octanol–water partition coefficient (Wildman–Crippen LogP) is 4.09. The molecule has 2 aromatic carbocycles. The molecule has 2 aromatic rings. The topological polar surface area (TPSA) is 0 Å². The summed E-state index contributed by atoms with van der Waals surface area (Å²) in [6.45, 7) is 0. The van der Waals surface area contributed by atoms with Crippen LogP contribution in [0.15, 0.2) is 65.6 Å². The average Bonchev–Trinajstić information content (AvgIpc) is 2.32. The number of rotatable bonds is 1. The minimum atomic E-state index is 0.834. The molecule has 0 fully saturated rings. The lowest BCUT2D eigenvalue weighted by Crippen LogP contribution is -1.71. The Kier molecular flexibility index (Phi) is 6.05. The summed E-state index contributed by atoms with van der Waals surface area (Å²) in [5, 5.41) is 0. The highest BCUT2D eigenvalue weighted by molar-refractivity contribution is 7.80. The molecule has 15 heavy (non-hydrogen) atoms. The van der Waals surface area contributed by atoms with Crippen molar-refractivity contribution in [1.29, 1.82) is 0 Å². The highest BCUT2D eigenvalue weighted by Gasteiger charge is 1.80. The van der Waals surface area contributed by atoms with Gasteiger partial charge in [-0.2, -0.15) is 12.6 Å². The van der Waals surface area contributed by atoms with E-state index in [0.29, 0.717) is 0 Å². The molecule has 0 unspecified atom stereocenters. The first-order valence-electron chi connectivity index (χ1n) is 4.71. The molecular weight excluding hydrogens is 220 g/mol. The van der Waals surface area contributed by atoms with E-state index < -0.39 is 0 Å². The van der Waals surface area contributed by atoms with E-state index in [1.165, 1.54) is 5.56 Å². The zero-order valence-corrected chi connectivity index (χ0v) is 10.2. The van der Waals surface area contributed by atoms with Gasteiger partial charge in [-0.15, -0.1) is 12.6 Å². The molecule has 0 aliphatic heterocycles. The van der Waals surface area contributed by atoms with Gasteiger partial charge in [-0.3, -0.25) is 0 Å². The first-order chi connectivity index (χ1) is 7.33. The molecule has 0 aromatic heterocycles. The van der Waals surface area contributed by atoms with Crippen molar-refractivity contribution in [3.05, 3.63) is 66.2 Å². The Balaban J connectivity index is 0.000000151. The van der Waals surface area contributed by atoms with Crippen LogP contribution in [-0.4, -0.2) is 0 Å². The molecule has 0 bridgehead atoms. The predicted molar refractivity (Wildman–Crippen MR) is 72.8 cm³/mol. The molecule has 0 nitrogen and oxygen atoms in total. The molecule has 78 valence electrons. The number of thiol groups is 2. The van der Waals surface area contributed by atoms with E-state index in [1.807, 2.05) is 48.5 Å². The number of benzene rings is 2. The summed E-state index contributed by atoms with van der Waals surface area (Å²) in [6.07, 6.45) is 0. The van der Waals surface area contributed by atoms with E-state index in [9.17, 15) is 0 Å². The summed E-state index contributed by atoms with van der Waals surface area (Å²) in [5.74, 6) is 0.834. The first-order valence-corrected chi connectivity index (χ1v) is 5.79. The molecule has 0 aliphatic carbocycles.